The van der Waals surface area contributed by atoms with Crippen molar-refractivity contribution < 1.29 is 4.79 Å². The Balaban J connectivity index is 2.43. The zero-order valence-corrected chi connectivity index (χ0v) is 13.8. The summed E-state index contributed by atoms with van der Waals surface area (Å²) < 4.78 is 0. The fraction of sp³-hybridized carbons (Fsp3) is 0.235. The van der Waals surface area contributed by atoms with Crippen LogP contribution in [0.5, 0.6) is 0 Å². The average molecular weight is 309 g/mol. The van der Waals surface area contributed by atoms with Crippen LogP contribution in [0.4, 0.5) is 0 Å². The van der Waals surface area contributed by atoms with Gasteiger partial charge in [-0.15, -0.1) is 0 Å². The van der Waals surface area contributed by atoms with Crippen LogP contribution in [0.3, 0.4) is 0 Å². The molecule has 4 nitrogen and oxygen atoms in total. The van der Waals surface area contributed by atoms with Crippen LogP contribution < -0.4 is 5.19 Å². The van der Waals surface area contributed by atoms with Gasteiger partial charge in [-0.25, -0.2) is 0 Å². The molecule has 0 heterocycles. The SMILES string of the molecule is C[Si](C)(c1ccccc1)C(CC(=O)N=[N+]=[N-])c1ccccc1. The van der Waals surface area contributed by atoms with Gasteiger partial charge in [-0.05, 0) is 21.8 Å². The Morgan fingerprint density at radius 3 is 2.18 bits per heavy atom. The Hall–Kier alpha value is -2.36. The quantitative estimate of drug-likeness (QED) is 0.354. The zero-order chi connectivity index (χ0) is 16.0. The highest BCUT2D eigenvalue weighted by Gasteiger charge is 2.35. The predicted octanol–water partition coefficient (Wildman–Crippen LogP) is 4.15. The van der Waals surface area contributed by atoms with Crippen molar-refractivity contribution in [1.29, 1.82) is 0 Å². The van der Waals surface area contributed by atoms with Gasteiger partial charge in [-0.3, -0.25) is 4.79 Å². The largest absolute Gasteiger partial charge is 0.293 e. The van der Waals surface area contributed by atoms with Gasteiger partial charge in [0.2, 0.25) is 5.91 Å². The van der Waals surface area contributed by atoms with Crippen molar-refractivity contribution in [3.05, 3.63) is 76.7 Å². The van der Waals surface area contributed by atoms with Crippen LogP contribution in [0.15, 0.2) is 65.8 Å². The second-order valence-electron chi connectivity index (χ2n) is 5.84. The molecule has 112 valence electrons. The van der Waals surface area contributed by atoms with Crippen molar-refractivity contribution in [1.82, 2.24) is 0 Å². The maximum Gasteiger partial charge on any atom is 0.219 e. The molecule has 2 aromatic rings. The first kappa shape index (κ1) is 16.0. The molecule has 0 fully saturated rings. The molecule has 1 atom stereocenters. The van der Waals surface area contributed by atoms with Gasteiger partial charge in [0.1, 0.15) is 0 Å². The minimum atomic E-state index is -1.95. The van der Waals surface area contributed by atoms with Gasteiger partial charge in [0.15, 0.2) is 0 Å². The van der Waals surface area contributed by atoms with Crippen LogP contribution >= 0.6 is 0 Å². The minimum absolute atomic E-state index is 0.0779. The first-order chi connectivity index (χ1) is 10.6. The topological polar surface area (TPSA) is 65.8 Å². The van der Waals surface area contributed by atoms with Crippen LogP contribution in [0, 0.1) is 0 Å². The number of carbonyl (C=O) groups excluding carboxylic acids is 1. The molecule has 0 bridgehead atoms. The van der Waals surface area contributed by atoms with E-state index >= 15 is 0 Å². The Labute approximate surface area is 131 Å². The number of hydrogen-bond donors (Lipinski definition) is 0. The van der Waals surface area contributed by atoms with Gasteiger partial charge in [0.25, 0.3) is 0 Å². The van der Waals surface area contributed by atoms with Gasteiger partial charge in [0.05, 0.1) is 8.07 Å². The van der Waals surface area contributed by atoms with E-state index in [0.717, 1.165) is 5.56 Å². The fourth-order valence-electron chi connectivity index (χ4n) is 2.81. The first-order valence-corrected chi connectivity index (χ1v) is 10.3. The highest BCUT2D eigenvalue weighted by Crippen LogP contribution is 2.30. The van der Waals surface area contributed by atoms with Crippen molar-refractivity contribution in [2.75, 3.05) is 0 Å². The lowest BCUT2D eigenvalue weighted by molar-refractivity contribution is -0.118. The maximum atomic E-state index is 11.9. The molecule has 0 N–H and O–H groups in total. The van der Waals surface area contributed by atoms with Gasteiger partial charge in [0, 0.05) is 11.3 Å². The van der Waals surface area contributed by atoms with E-state index in [4.69, 9.17) is 5.53 Å². The lowest BCUT2D eigenvalue weighted by atomic mass is 10.1. The predicted molar refractivity (Wildman–Crippen MR) is 91.5 cm³/mol. The zero-order valence-electron chi connectivity index (χ0n) is 12.8. The standard InChI is InChI=1S/C17H19N3OSi/c1-22(2,15-11-7-4-8-12-15)16(13-17(21)19-20-18)14-9-5-3-6-10-14/h3-12,16H,13H2,1-2H3. The second kappa shape index (κ2) is 7.07. The number of rotatable bonds is 5. The molecule has 0 saturated carbocycles. The van der Waals surface area contributed by atoms with Crippen LogP contribution in [0.25, 0.3) is 10.4 Å². The summed E-state index contributed by atoms with van der Waals surface area (Å²) in [7, 11) is -1.95. The first-order valence-electron chi connectivity index (χ1n) is 7.24. The molecular formula is C17H19N3OSi. The molecule has 0 aliphatic heterocycles. The third-order valence-electron chi connectivity index (χ3n) is 4.13. The Morgan fingerprint density at radius 1 is 1.09 bits per heavy atom. The van der Waals surface area contributed by atoms with E-state index in [1.807, 2.05) is 48.5 Å². The number of amides is 1. The number of hydrogen-bond acceptors (Lipinski definition) is 1. The van der Waals surface area contributed by atoms with Crippen LogP contribution in [0.1, 0.15) is 17.5 Å². The third-order valence-corrected chi connectivity index (χ3v) is 8.23. The van der Waals surface area contributed by atoms with Gasteiger partial charge in [-0.1, -0.05) is 78.9 Å². The summed E-state index contributed by atoms with van der Waals surface area (Å²) in [6.45, 7) is 4.51. The molecule has 0 radical (unpaired) electrons. The molecule has 0 saturated heterocycles. The number of carbonyl (C=O) groups is 1. The molecule has 2 aromatic carbocycles. The fourth-order valence-corrected chi connectivity index (χ4v) is 5.97. The smallest absolute Gasteiger partial charge is 0.219 e. The average Bonchev–Trinajstić information content (AvgIpc) is 2.54. The second-order valence-corrected chi connectivity index (χ2v) is 10.6. The van der Waals surface area contributed by atoms with Crippen molar-refractivity contribution in [2.45, 2.75) is 25.1 Å². The lowest BCUT2D eigenvalue weighted by Crippen LogP contribution is -2.48. The molecule has 1 amide bonds. The van der Waals surface area contributed by atoms with Crippen molar-refractivity contribution in [3.8, 4) is 0 Å². The van der Waals surface area contributed by atoms with Crippen LogP contribution in [-0.4, -0.2) is 14.0 Å². The van der Waals surface area contributed by atoms with Crippen LogP contribution in [-0.2, 0) is 4.79 Å². The molecular weight excluding hydrogens is 290 g/mol. The molecule has 22 heavy (non-hydrogen) atoms. The Kier molecular flexibility index (Phi) is 5.15. The van der Waals surface area contributed by atoms with Crippen molar-refractivity contribution in [2.24, 2.45) is 5.11 Å². The summed E-state index contributed by atoms with van der Waals surface area (Å²) in [5.74, 6) is -0.396. The highest BCUT2D eigenvalue weighted by molar-refractivity contribution is 6.91. The lowest BCUT2D eigenvalue weighted by Gasteiger charge is -2.33. The summed E-state index contributed by atoms with van der Waals surface area (Å²) in [6.07, 6.45) is 0.252. The van der Waals surface area contributed by atoms with E-state index in [0.29, 0.717) is 0 Å². The normalized spacial score (nSPS) is 12.3. The van der Waals surface area contributed by atoms with E-state index in [2.05, 4.69) is 35.3 Å². The van der Waals surface area contributed by atoms with Gasteiger partial charge >= 0.3 is 0 Å². The Bertz CT molecular complexity index is 680. The van der Waals surface area contributed by atoms with Crippen molar-refractivity contribution in [3.63, 3.8) is 0 Å². The minimum Gasteiger partial charge on any atom is -0.293 e. The van der Waals surface area contributed by atoms with E-state index < -0.39 is 14.0 Å². The number of azide groups is 1. The molecule has 5 heteroatoms. The molecule has 2 rings (SSSR count). The third kappa shape index (κ3) is 3.64. The molecule has 0 spiro atoms. The van der Waals surface area contributed by atoms with E-state index in [1.165, 1.54) is 5.19 Å². The van der Waals surface area contributed by atoms with E-state index in [1.54, 1.807) is 0 Å². The Morgan fingerprint density at radius 2 is 1.64 bits per heavy atom. The maximum absolute atomic E-state index is 11.9. The number of nitrogens with zero attached hydrogens (tertiary/aromatic N) is 3. The van der Waals surface area contributed by atoms with E-state index in [9.17, 15) is 4.79 Å². The van der Waals surface area contributed by atoms with Gasteiger partial charge in [-0.2, -0.15) is 0 Å². The summed E-state index contributed by atoms with van der Waals surface area (Å²) in [4.78, 5) is 14.5. The molecule has 0 aromatic heterocycles. The summed E-state index contributed by atoms with van der Waals surface area (Å²) in [5, 5.41) is 4.55. The summed E-state index contributed by atoms with van der Waals surface area (Å²) in [6, 6.07) is 20.3. The monoisotopic (exact) mass is 309 g/mol. The van der Waals surface area contributed by atoms with Crippen LogP contribution in [0.2, 0.25) is 13.1 Å². The summed E-state index contributed by atoms with van der Waals surface area (Å²) in [5.41, 5.74) is 9.70. The van der Waals surface area contributed by atoms with Crippen molar-refractivity contribution >= 4 is 19.2 Å². The molecule has 0 aliphatic rings. The summed E-state index contributed by atoms with van der Waals surface area (Å²) >= 11 is 0. The number of benzene rings is 2. The van der Waals surface area contributed by atoms with Gasteiger partial charge < -0.3 is 0 Å². The highest BCUT2D eigenvalue weighted by atomic mass is 28.3. The molecule has 0 aliphatic carbocycles. The van der Waals surface area contributed by atoms with E-state index in [-0.39, 0.29) is 12.0 Å². The molecule has 1 unspecified atom stereocenters.